The summed E-state index contributed by atoms with van der Waals surface area (Å²) < 4.78 is 5.10. The highest BCUT2D eigenvalue weighted by molar-refractivity contribution is 7.10. The topological polar surface area (TPSA) is 55.6 Å². The van der Waals surface area contributed by atoms with E-state index in [1.165, 1.54) is 4.88 Å². The molecule has 1 saturated heterocycles. The van der Waals surface area contributed by atoms with Crippen LogP contribution in [0.3, 0.4) is 0 Å². The van der Waals surface area contributed by atoms with Crippen molar-refractivity contribution < 1.29 is 9.53 Å². The van der Waals surface area contributed by atoms with Gasteiger partial charge in [0.2, 0.25) is 5.91 Å². The number of likely N-dealkylation sites (tertiary alicyclic amines) is 1. The molecule has 1 aromatic heterocycles. The zero-order chi connectivity index (χ0) is 13.0. The molecule has 1 aliphatic rings. The van der Waals surface area contributed by atoms with E-state index in [-0.39, 0.29) is 18.0 Å². The number of nitrogens with two attached hydrogens (primary N) is 1. The molecule has 1 aromatic rings. The molecule has 2 unspecified atom stereocenters. The van der Waals surface area contributed by atoms with Crippen molar-refractivity contribution in [2.75, 3.05) is 20.3 Å². The number of hydrogen-bond acceptors (Lipinski definition) is 4. The Bertz CT molecular complexity index is 380. The number of thiophene rings is 1. The molecule has 2 rings (SSSR count). The van der Waals surface area contributed by atoms with Crippen molar-refractivity contribution in [3.63, 3.8) is 0 Å². The summed E-state index contributed by atoms with van der Waals surface area (Å²) in [6.45, 7) is 1.17. The SMILES string of the molecule is COCCN1C(=O)CCCC(N)C1c1cccs1. The van der Waals surface area contributed by atoms with E-state index in [0.29, 0.717) is 19.6 Å². The fourth-order valence-corrected chi connectivity index (χ4v) is 3.37. The third-order valence-electron chi connectivity index (χ3n) is 3.36. The van der Waals surface area contributed by atoms with Crippen molar-refractivity contribution in [3.8, 4) is 0 Å². The molecule has 0 saturated carbocycles. The van der Waals surface area contributed by atoms with Crippen LogP contribution in [0.15, 0.2) is 17.5 Å². The Morgan fingerprint density at radius 2 is 2.44 bits per heavy atom. The molecule has 1 fully saturated rings. The molecule has 100 valence electrons. The lowest BCUT2D eigenvalue weighted by Gasteiger charge is -2.32. The normalized spacial score (nSPS) is 25.2. The van der Waals surface area contributed by atoms with Crippen LogP contribution in [0.25, 0.3) is 0 Å². The van der Waals surface area contributed by atoms with Gasteiger partial charge in [0.15, 0.2) is 0 Å². The maximum Gasteiger partial charge on any atom is 0.223 e. The monoisotopic (exact) mass is 268 g/mol. The molecule has 0 bridgehead atoms. The number of methoxy groups -OCH3 is 1. The fourth-order valence-electron chi connectivity index (χ4n) is 2.45. The van der Waals surface area contributed by atoms with Crippen LogP contribution in [0, 0.1) is 0 Å². The second-order valence-corrected chi connectivity index (χ2v) is 5.58. The van der Waals surface area contributed by atoms with E-state index >= 15 is 0 Å². The van der Waals surface area contributed by atoms with Gasteiger partial charge in [0.25, 0.3) is 0 Å². The van der Waals surface area contributed by atoms with Gasteiger partial charge in [-0.15, -0.1) is 11.3 Å². The van der Waals surface area contributed by atoms with Gasteiger partial charge < -0.3 is 15.4 Å². The Morgan fingerprint density at radius 1 is 1.61 bits per heavy atom. The van der Waals surface area contributed by atoms with Crippen molar-refractivity contribution in [1.29, 1.82) is 0 Å². The van der Waals surface area contributed by atoms with E-state index in [9.17, 15) is 4.79 Å². The van der Waals surface area contributed by atoms with Crippen molar-refractivity contribution in [2.45, 2.75) is 31.3 Å². The number of amides is 1. The zero-order valence-electron chi connectivity index (χ0n) is 10.7. The number of carbonyl (C=O) groups is 1. The largest absolute Gasteiger partial charge is 0.383 e. The van der Waals surface area contributed by atoms with Gasteiger partial charge in [-0.25, -0.2) is 0 Å². The first-order valence-electron chi connectivity index (χ1n) is 6.31. The summed E-state index contributed by atoms with van der Waals surface area (Å²) in [5.74, 6) is 0.193. The van der Waals surface area contributed by atoms with E-state index in [4.69, 9.17) is 10.5 Å². The predicted octanol–water partition coefficient (Wildman–Crippen LogP) is 1.78. The lowest BCUT2D eigenvalue weighted by Crippen LogP contribution is -2.43. The minimum Gasteiger partial charge on any atom is -0.383 e. The standard InChI is InChI=1S/C13H20N2O2S/c1-17-8-7-15-12(16)6-2-4-10(14)13(15)11-5-3-9-18-11/h3,5,9-10,13H,2,4,6-8,14H2,1H3. The van der Waals surface area contributed by atoms with Gasteiger partial charge in [0, 0.05) is 31.0 Å². The number of nitrogens with zero attached hydrogens (tertiary/aromatic N) is 1. The first-order chi connectivity index (χ1) is 8.74. The molecule has 1 amide bonds. The maximum absolute atomic E-state index is 12.2. The smallest absolute Gasteiger partial charge is 0.223 e. The fraction of sp³-hybridized carbons (Fsp3) is 0.615. The Kier molecular flexibility index (Phi) is 4.74. The average Bonchev–Trinajstić information content (AvgIpc) is 2.82. The van der Waals surface area contributed by atoms with Gasteiger partial charge in [-0.2, -0.15) is 0 Å². The highest BCUT2D eigenvalue weighted by Gasteiger charge is 2.33. The van der Waals surface area contributed by atoms with Gasteiger partial charge >= 0.3 is 0 Å². The Morgan fingerprint density at radius 3 is 3.11 bits per heavy atom. The minimum atomic E-state index is 0.00940. The van der Waals surface area contributed by atoms with Crippen LogP contribution < -0.4 is 5.73 Å². The van der Waals surface area contributed by atoms with Crippen molar-refractivity contribution >= 4 is 17.2 Å². The van der Waals surface area contributed by atoms with Crippen molar-refractivity contribution in [1.82, 2.24) is 4.90 Å². The lowest BCUT2D eigenvalue weighted by molar-refractivity contribution is -0.133. The summed E-state index contributed by atoms with van der Waals surface area (Å²) in [6, 6.07) is 4.10. The number of ether oxygens (including phenoxy) is 1. The zero-order valence-corrected chi connectivity index (χ0v) is 11.5. The van der Waals surface area contributed by atoms with Crippen LogP contribution in [0.4, 0.5) is 0 Å². The summed E-state index contributed by atoms with van der Waals surface area (Å²) in [5, 5.41) is 2.03. The highest BCUT2D eigenvalue weighted by Crippen LogP contribution is 2.32. The molecular weight excluding hydrogens is 248 g/mol. The third kappa shape index (κ3) is 2.91. The maximum atomic E-state index is 12.2. The summed E-state index contributed by atoms with van der Waals surface area (Å²) in [7, 11) is 1.66. The van der Waals surface area contributed by atoms with Crippen molar-refractivity contribution in [2.24, 2.45) is 5.73 Å². The Labute approximate surface area is 112 Å². The van der Waals surface area contributed by atoms with Gasteiger partial charge in [0.05, 0.1) is 12.6 Å². The van der Waals surface area contributed by atoms with Gasteiger partial charge in [0.1, 0.15) is 0 Å². The molecule has 5 heteroatoms. The summed E-state index contributed by atoms with van der Waals surface area (Å²) in [5.41, 5.74) is 6.27. The number of hydrogen-bond donors (Lipinski definition) is 1. The van der Waals surface area contributed by atoms with Gasteiger partial charge in [-0.3, -0.25) is 4.79 Å². The molecule has 2 N–H and O–H groups in total. The molecule has 18 heavy (non-hydrogen) atoms. The molecule has 0 spiro atoms. The lowest BCUT2D eigenvalue weighted by atomic mass is 10.0. The van der Waals surface area contributed by atoms with Gasteiger partial charge in [-0.1, -0.05) is 6.07 Å². The first kappa shape index (κ1) is 13.5. The van der Waals surface area contributed by atoms with E-state index in [2.05, 4.69) is 6.07 Å². The Balaban J connectivity index is 2.24. The molecule has 2 heterocycles. The van der Waals surface area contributed by atoms with Crippen LogP contribution in [-0.2, 0) is 9.53 Å². The molecule has 2 atom stereocenters. The second-order valence-electron chi connectivity index (χ2n) is 4.60. The van der Waals surface area contributed by atoms with Crippen LogP contribution in [-0.4, -0.2) is 37.1 Å². The van der Waals surface area contributed by atoms with Gasteiger partial charge in [-0.05, 0) is 24.3 Å². The number of carbonyl (C=O) groups excluding carboxylic acids is 1. The Hall–Kier alpha value is -0.910. The minimum absolute atomic E-state index is 0.00940. The van der Waals surface area contributed by atoms with Crippen LogP contribution in [0.1, 0.15) is 30.2 Å². The molecule has 0 aliphatic carbocycles. The van der Waals surface area contributed by atoms with E-state index in [0.717, 1.165) is 12.8 Å². The van der Waals surface area contributed by atoms with Crippen LogP contribution >= 0.6 is 11.3 Å². The van der Waals surface area contributed by atoms with E-state index in [1.807, 2.05) is 16.3 Å². The average molecular weight is 268 g/mol. The molecule has 0 aromatic carbocycles. The molecule has 4 nitrogen and oxygen atoms in total. The first-order valence-corrected chi connectivity index (χ1v) is 7.19. The summed E-state index contributed by atoms with van der Waals surface area (Å²) in [4.78, 5) is 15.3. The van der Waals surface area contributed by atoms with Crippen LogP contribution in [0.2, 0.25) is 0 Å². The summed E-state index contributed by atoms with van der Waals surface area (Å²) in [6.07, 6.45) is 2.38. The summed E-state index contributed by atoms with van der Waals surface area (Å²) >= 11 is 1.67. The molecule has 0 radical (unpaired) electrons. The van der Waals surface area contributed by atoms with Crippen LogP contribution in [0.5, 0.6) is 0 Å². The third-order valence-corrected chi connectivity index (χ3v) is 4.30. The number of rotatable bonds is 4. The predicted molar refractivity (Wildman–Crippen MR) is 72.5 cm³/mol. The second kappa shape index (κ2) is 6.31. The highest BCUT2D eigenvalue weighted by atomic mass is 32.1. The quantitative estimate of drug-likeness (QED) is 0.905. The van der Waals surface area contributed by atoms with E-state index < -0.39 is 0 Å². The molecular formula is C13H20N2O2S. The van der Waals surface area contributed by atoms with Crippen molar-refractivity contribution in [3.05, 3.63) is 22.4 Å². The molecule has 1 aliphatic heterocycles. The van der Waals surface area contributed by atoms with E-state index in [1.54, 1.807) is 18.4 Å².